The second-order valence-corrected chi connectivity index (χ2v) is 9.82. The van der Waals surface area contributed by atoms with Crippen molar-refractivity contribution in [3.05, 3.63) is 89.0 Å². The number of nitrogens with one attached hydrogen (secondary N) is 3. The van der Waals surface area contributed by atoms with Crippen molar-refractivity contribution in [1.29, 1.82) is 0 Å². The van der Waals surface area contributed by atoms with Crippen molar-refractivity contribution in [3.63, 3.8) is 0 Å². The highest BCUT2D eigenvalue weighted by atomic mass is 32.2. The molecule has 7 nitrogen and oxygen atoms in total. The highest BCUT2D eigenvalue weighted by Crippen LogP contribution is 2.22. The average molecular weight is 480 g/mol. The minimum absolute atomic E-state index is 0.0612. The quantitative estimate of drug-likeness (QED) is 0.425. The normalized spacial score (nSPS) is 12.0. The summed E-state index contributed by atoms with van der Waals surface area (Å²) in [5, 5.41) is 5.71. The maximum absolute atomic E-state index is 12.8. The van der Waals surface area contributed by atoms with Crippen LogP contribution in [0.1, 0.15) is 53.4 Å². The van der Waals surface area contributed by atoms with E-state index < -0.39 is 10.0 Å². The van der Waals surface area contributed by atoms with E-state index in [1.54, 1.807) is 62.4 Å². The second-order valence-electron chi connectivity index (χ2n) is 8.17. The number of aryl methyl sites for hydroxylation is 2. The highest BCUT2D eigenvalue weighted by Gasteiger charge is 2.18. The van der Waals surface area contributed by atoms with Crippen LogP contribution in [0, 0.1) is 13.8 Å². The standard InChI is InChI=1S/C26H29N3O4S/c1-5-25(30)28-22-12-8-20(9-13-22)19(4)27-26(31)21-10-14-23(15-11-21)29-34(32,33)24-16-17(2)6-7-18(24)3/h6-16,19,29H,5H2,1-4H3,(H,27,31)(H,28,30). The summed E-state index contributed by atoms with van der Waals surface area (Å²) in [6.07, 6.45) is 0.403. The monoisotopic (exact) mass is 479 g/mol. The summed E-state index contributed by atoms with van der Waals surface area (Å²) in [6, 6.07) is 18.6. The summed E-state index contributed by atoms with van der Waals surface area (Å²) >= 11 is 0. The number of hydrogen-bond donors (Lipinski definition) is 3. The number of benzene rings is 3. The summed E-state index contributed by atoms with van der Waals surface area (Å²) in [6.45, 7) is 7.24. The summed E-state index contributed by atoms with van der Waals surface area (Å²) < 4.78 is 28.1. The molecule has 1 unspecified atom stereocenters. The molecule has 178 valence electrons. The number of amides is 2. The summed E-state index contributed by atoms with van der Waals surface area (Å²) in [5.74, 6) is -0.339. The predicted octanol–water partition coefficient (Wildman–Crippen LogP) is 4.94. The minimum atomic E-state index is -3.74. The second kappa shape index (κ2) is 10.5. The first-order valence-electron chi connectivity index (χ1n) is 11.0. The number of carbonyl (C=O) groups is 2. The number of hydrogen-bond acceptors (Lipinski definition) is 4. The van der Waals surface area contributed by atoms with Crippen molar-refractivity contribution in [1.82, 2.24) is 5.32 Å². The Morgan fingerprint density at radius 1 is 0.882 bits per heavy atom. The zero-order valence-corrected chi connectivity index (χ0v) is 20.5. The molecule has 0 fully saturated rings. The molecule has 3 rings (SSSR count). The van der Waals surface area contributed by atoms with E-state index in [1.807, 2.05) is 32.0 Å². The lowest BCUT2D eigenvalue weighted by molar-refractivity contribution is -0.115. The van der Waals surface area contributed by atoms with Crippen molar-refractivity contribution in [2.45, 2.75) is 45.1 Å². The molecule has 0 spiro atoms. The van der Waals surface area contributed by atoms with E-state index in [4.69, 9.17) is 0 Å². The van der Waals surface area contributed by atoms with Crippen LogP contribution in [0.4, 0.5) is 11.4 Å². The molecule has 0 bridgehead atoms. The van der Waals surface area contributed by atoms with E-state index in [1.165, 1.54) is 0 Å². The van der Waals surface area contributed by atoms with E-state index >= 15 is 0 Å². The third-order valence-corrected chi connectivity index (χ3v) is 6.92. The molecule has 0 saturated carbocycles. The molecule has 0 heterocycles. The van der Waals surface area contributed by atoms with Crippen LogP contribution < -0.4 is 15.4 Å². The van der Waals surface area contributed by atoms with Crippen molar-refractivity contribution in [2.75, 3.05) is 10.0 Å². The van der Waals surface area contributed by atoms with Gasteiger partial charge in [-0.25, -0.2) is 8.42 Å². The lowest BCUT2D eigenvalue weighted by Crippen LogP contribution is -2.26. The zero-order chi connectivity index (χ0) is 24.9. The first-order valence-corrected chi connectivity index (χ1v) is 12.5. The summed E-state index contributed by atoms with van der Waals surface area (Å²) in [5.41, 5.74) is 3.88. The van der Waals surface area contributed by atoms with Gasteiger partial charge in [0.25, 0.3) is 15.9 Å². The molecular weight excluding hydrogens is 450 g/mol. The van der Waals surface area contributed by atoms with E-state index in [-0.39, 0.29) is 22.8 Å². The SMILES string of the molecule is CCC(=O)Nc1ccc(C(C)NC(=O)c2ccc(NS(=O)(=O)c3cc(C)ccc3C)cc2)cc1. The van der Waals surface area contributed by atoms with Crippen LogP contribution in [0.15, 0.2) is 71.6 Å². The number of rotatable bonds is 8. The van der Waals surface area contributed by atoms with Gasteiger partial charge in [0.1, 0.15) is 0 Å². The van der Waals surface area contributed by atoms with Gasteiger partial charge in [0, 0.05) is 23.4 Å². The van der Waals surface area contributed by atoms with Gasteiger partial charge in [0.15, 0.2) is 0 Å². The van der Waals surface area contributed by atoms with Crippen LogP contribution in [0.3, 0.4) is 0 Å². The van der Waals surface area contributed by atoms with Gasteiger partial charge in [-0.3, -0.25) is 14.3 Å². The minimum Gasteiger partial charge on any atom is -0.346 e. The molecule has 3 aromatic rings. The first kappa shape index (κ1) is 25.0. The Labute approximate surface area is 200 Å². The molecule has 34 heavy (non-hydrogen) atoms. The molecular formula is C26H29N3O4S. The maximum Gasteiger partial charge on any atom is 0.262 e. The number of anilines is 2. The van der Waals surface area contributed by atoms with Crippen molar-refractivity contribution in [3.8, 4) is 0 Å². The van der Waals surface area contributed by atoms with E-state index in [9.17, 15) is 18.0 Å². The summed E-state index contributed by atoms with van der Waals surface area (Å²) in [7, 11) is -3.74. The van der Waals surface area contributed by atoms with Crippen LogP contribution in [0.2, 0.25) is 0 Å². The molecule has 2 amide bonds. The predicted molar refractivity (Wildman–Crippen MR) is 134 cm³/mol. The molecule has 0 saturated heterocycles. The topological polar surface area (TPSA) is 104 Å². The van der Waals surface area contributed by atoms with Crippen molar-refractivity contribution >= 4 is 33.2 Å². The molecule has 3 aromatic carbocycles. The molecule has 8 heteroatoms. The molecule has 0 aliphatic carbocycles. The van der Waals surface area contributed by atoms with Gasteiger partial charge in [-0.2, -0.15) is 0 Å². The fraction of sp³-hybridized carbons (Fsp3) is 0.231. The Kier molecular flexibility index (Phi) is 7.73. The zero-order valence-electron chi connectivity index (χ0n) is 19.7. The third kappa shape index (κ3) is 6.23. The first-order chi connectivity index (χ1) is 16.1. The van der Waals surface area contributed by atoms with Gasteiger partial charge < -0.3 is 10.6 Å². The smallest absolute Gasteiger partial charge is 0.262 e. The Morgan fingerprint density at radius 2 is 1.50 bits per heavy atom. The molecule has 0 aromatic heterocycles. The van der Waals surface area contributed by atoms with Gasteiger partial charge in [0.05, 0.1) is 10.9 Å². The molecule has 0 aliphatic heterocycles. The van der Waals surface area contributed by atoms with Gasteiger partial charge in [-0.15, -0.1) is 0 Å². The Bertz CT molecular complexity index is 1280. The lowest BCUT2D eigenvalue weighted by atomic mass is 10.1. The average Bonchev–Trinajstić information content (AvgIpc) is 2.81. The molecule has 0 aliphatic rings. The van der Waals surface area contributed by atoms with E-state index in [0.717, 1.165) is 11.1 Å². The Hall–Kier alpha value is -3.65. The van der Waals surface area contributed by atoms with Crippen molar-refractivity contribution < 1.29 is 18.0 Å². The fourth-order valence-electron chi connectivity index (χ4n) is 3.36. The van der Waals surface area contributed by atoms with Gasteiger partial charge in [-0.05, 0) is 79.9 Å². The van der Waals surface area contributed by atoms with Crippen LogP contribution in [-0.2, 0) is 14.8 Å². The molecule has 3 N–H and O–H groups in total. The largest absolute Gasteiger partial charge is 0.346 e. The van der Waals surface area contributed by atoms with Gasteiger partial charge >= 0.3 is 0 Å². The van der Waals surface area contributed by atoms with Crippen LogP contribution in [-0.4, -0.2) is 20.2 Å². The number of carbonyl (C=O) groups excluding carboxylic acids is 2. The van der Waals surface area contributed by atoms with E-state index in [2.05, 4.69) is 15.4 Å². The van der Waals surface area contributed by atoms with Crippen molar-refractivity contribution in [2.24, 2.45) is 0 Å². The van der Waals surface area contributed by atoms with Crippen LogP contribution in [0.25, 0.3) is 0 Å². The van der Waals surface area contributed by atoms with Crippen LogP contribution in [0.5, 0.6) is 0 Å². The number of sulfonamides is 1. The highest BCUT2D eigenvalue weighted by molar-refractivity contribution is 7.92. The Balaban J connectivity index is 1.64. The molecule has 0 radical (unpaired) electrons. The fourth-order valence-corrected chi connectivity index (χ4v) is 4.75. The maximum atomic E-state index is 12.8. The van der Waals surface area contributed by atoms with Gasteiger partial charge in [-0.1, -0.05) is 31.2 Å². The van der Waals surface area contributed by atoms with Gasteiger partial charge in [0.2, 0.25) is 5.91 Å². The third-order valence-electron chi connectivity index (χ3n) is 5.40. The summed E-state index contributed by atoms with van der Waals surface area (Å²) in [4.78, 5) is 24.4. The van der Waals surface area contributed by atoms with Crippen LogP contribution >= 0.6 is 0 Å². The lowest BCUT2D eigenvalue weighted by Gasteiger charge is -2.16. The van der Waals surface area contributed by atoms with E-state index in [0.29, 0.717) is 28.9 Å². The molecule has 1 atom stereocenters. The Morgan fingerprint density at radius 3 is 2.12 bits per heavy atom.